The molecule has 0 bridgehead atoms. The second-order valence-electron chi connectivity index (χ2n) is 5.18. The summed E-state index contributed by atoms with van der Waals surface area (Å²) in [4.78, 5) is 0. The number of aryl methyl sites for hydroxylation is 3. The van der Waals surface area contributed by atoms with E-state index in [1.165, 1.54) is 22.3 Å². The highest BCUT2D eigenvalue weighted by Crippen LogP contribution is 2.17. The summed E-state index contributed by atoms with van der Waals surface area (Å²) < 4.78 is 0. The van der Waals surface area contributed by atoms with E-state index in [1.54, 1.807) is 0 Å². The van der Waals surface area contributed by atoms with Gasteiger partial charge in [-0.15, -0.1) is 11.6 Å². The predicted molar refractivity (Wildman–Crippen MR) is 76.8 cm³/mol. The number of benzene rings is 1. The van der Waals surface area contributed by atoms with E-state index in [0.717, 1.165) is 6.54 Å². The van der Waals surface area contributed by atoms with Crippen LogP contribution in [0.4, 0.5) is 0 Å². The van der Waals surface area contributed by atoms with Crippen molar-refractivity contribution in [2.45, 2.75) is 47.2 Å². The first-order valence-electron chi connectivity index (χ1n) is 6.31. The molecule has 2 atom stereocenters. The molecule has 0 aliphatic rings. The van der Waals surface area contributed by atoms with Gasteiger partial charge in [-0.25, -0.2) is 0 Å². The van der Waals surface area contributed by atoms with Gasteiger partial charge in [-0.3, -0.25) is 0 Å². The SMILES string of the molecule is Cc1cc(C)c(CNC(C)C(C)CCl)c(C)c1. The summed E-state index contributed by atoms with van der Waals surface area (Å²) in [6.07, 6.45) is 0. The minimum atomic E-state index is 0.451. The summed E-state index contributed by atoms with van der Waals surface area (Å²) in [6.45, 7) is 11.8. The first-order chi connectivity index (χ1) is 7.95. The van der Waals surface area contributed by atoms with Gasteiger partial charge in [-0.2, -0.15) is 0 Å². The highest BCUT2D eigenvalue weighted by molar-refractivity contribution is 6.18. The van der Waals surface area contributed by atoms with Gasteiger partial charge in [0.05, 0.1) is 0 Å². The second-order valence-corrected chi connectivity index (χ2v) is 5.49. The van der Waals surface area contributed by atoms with Crippen LogP contribution in [0.1, 0.15) is 36.1 Å². The lowest BCUT2D eigenvalue weighted by molar-refractivity contribution is 0.429. The number of hydrogen-bond acceptors (Lipinski definition) is 1. The van der Waals surface area contributed by atoms with Crippen LogP contribution in [0.15, 0.2) is 12.1 Å². The van der Waals surface area contributed by atoms with E-state index in [4.69, 9.17) is 11.6 Å². The van der Waals surface area contributed by atoms with E-state index in [9.17, 15) is 0 Å². The molecule has 2 heteroatoms. The molecule has 0 aliphatic carbocycles. The van der Waals surface area contributed by atoms with Gasteiger partial charge in [0.25, 0.3) is 0 Å². The van der Waals surface area contributed by atoms with Crippen molar-refractivity contribution in [1.29, 1.82) is 0 Å². The van der Waals surface area contributed by atoms with Gasteiger partial charge < -0.3 is 5.32 Å². The van der Waals surface area contributed by atoms with E-state index >= 15 is 0 Å². The molecule has 0 amide bonds. The minimum Gasteiger partial charge on any atom is -0.310 e. The minimum absolute atomic E-state index is 0.451. The molecular formula is C15H24ClN. The lowest BCUT2D eigenvalue weighted by Crippen LogP contribution is -2.32. The third-order valence-corrected chi connectivity index (χ3v) is 4.02. The van der Waals surface area contributed by atoms with Gasteiger partial charge in [0, 0.05) is 18.5 Å². The molecule has 0 fully saturated rings. The summed E-state index contributed by atoms with van der Waals surface area (Å²) in [5.41, 5.74) is 5.51. The highest BCUT2D eigenvalue weighted by atomic mass is 35.5. The van der Waals surface area contributed by atoms with Crippen LogP contribution >= 0.6 is 11.6 Å². The van der Waals surface area contributed by atoms with Crippen molar-refractivity contribution in [2.24, 2.45) is 5.92 Å². The monoisotopic (exact) mass is 253 g/mol. The molecule has 1 aromatic carbocycles. The van der Waals surface area contributed by atoms with Crippen molar-refractivity contribution in [1.82, 2.24) is 5.32 Å². The number of nitrogens with one attached hydrogen (secondary N) is 1. The van der Waals surface area contributed by atoms with E-state index < -0.39 is 0 Å². The van der Waals surface area contributed by atoms with Crippen LogP contribution in [0.25, 0.3) is 0 Å². The van der Waals surface area contributed by atoms with Crippen molar-refractivity contribution < 1.29 is 0 Å². The average molecular weight is 254 g/mol. The fraction of sp³-hybridized carbons (Fsp3) is 0.600. The highest BCUT2D eigenvalue weighted by Gasteiger charge is 2.11. The van der Waals surface area contributed by atoms with E-state index in [0.29, 0.717) is 17.8 Å². The Morgan fingerprint density at radius 3 is 2.12 bits per heavy atom. The Kier molecular flexibility index (Phi) is 5.48. The standard InChI is InChI=1S/C15H24ClN/c1-10-6-11(2)15(12(3)7-10)9-17-14(5)13(4)8-16/h6-7,13-14,17H,8-9H2,1-5H3. The van der Waals surface area contributed by atoms with Crippen LogP contribution in [0.5, 0.6) is 0 Å². The average Bonchev–Trinajstić information content (AvgIpc) is 2.26. The van der Waals surface area contributed by atoms with Gasteiger partial charge in [0.1, 0.15) is 0 Å². The number of halogens is 1. The molecule has 0 radical (unpaired) electrons. The van der Waals surface area contributed by atoms with Crippen molar-refractivity contribution in [3.8, 4) is 0 Å². The molecule has 17 heavy (non-hydrogen) atoms. The van der Waals surface area contributed by atoms with Gasteiger partial charge in [0.2, 0.25) is 0 Å². The molecule has 0 saturated heterocycles. The summed E-state index contributed by atoms with van der Waals surface area (Å²) in [5.74, 6) is 1.21. The number of alkyl halides is 1. The van der Waals surface area contributed by atoms with Crippen LogP contribution in [0.2, 0.25) is 0 Å². The van der Waals surface area contributed by atoms with Crippen molar-refractivity contribution in [3.05, 3.63) is 34.4 Å². The van der Waals surface area contributed by atoms with Crippen LogP contribution in [-0.2, 0) is 6.54 Å². The molecule has 0 aliphatic heterocycles. The molecule has 2 unspecified atom stereocenters. The smallest absolute Gasteiger partial charge is 0.0263 e. The first kappa shape index (κ1) is 14.5. The Morgan fingerprint density at radius 2 is 1.65 bits per heavy atom. The van der Waals surface area contributed by atoms with Crippen LogP contribution in [-0.4, -0.2) is 11.9 Å². The van der Waals surface area contributed by atoms with Gasteiger partial charge in [-0.05, 0) is 50.3 Å². The molecule has 0 heterocycles. The molecule has 1 N–H and O–H groups in total. The molecule has 1 aromatic rings. The Morgan fingerprint density at radius 1 is 1.12 bits per heavy atom. The fourth-order valence-electron chi connectivity index (χ4n) is 2.09. The summed E-state index contributed by atoms with van der Waals surface area (Å²) in [5, 5.41) is 3.57. The van der Waals surface area contributed by atoms with E-state index in [1.807, 2.05) is 0 Å². The third kappa shape index (κ3) is 4.01. The van der Waals surface area contributed by atoms with Gasteiger partial charge >= 0.3 is 0 Å². The van der Waals surface area contributed by atoms with Crippen LogP contribution in [0, 0.1) is 26.7 Å². The molecule has 96 valence electrons. The van der Waals surface area contributed by atoms with Crippen molar-refractivity contribution in [2.75, 3.05) is 5.88 Å². The number of rotatable bonds is 5. The predicted octanol–water partition coefficient (Wildman–Crippen LogP) is 3.96. The normalized spacial score (nSPS) is 14.7. The summed E-state index contributed by atoms with van der Waals surface area (Å²) in [6, 6.07) is 4.95. The maximum atomic E-state index is 5.87. The van der Waals surface area contributed by atoms with Crippen LogP contribution in [0.3, 0.4) is 0 Å². The maximum Gasteiger partial charge on any atom is 0.0263 e. The van der Waals surface area contributed by atoms with Gasteiger partial charge in [0.15, 0.2) is 0 Å². The second kappa shape index (κ2) is 6.42. The summed E-state index contributed by atoms with van der Waals surface area (Å²) in [7, 11) is 0. The van der Waals surface area contributed by atoms with Crippen molar-refractivity contribution in [3.63, 3.8) is 0 Å². The topological polar surface area (TPSA) is 12.0 Å². The van der Waals surface area contributed by atoms with Crippen LogP contribution < -0.4 is 5.32 Å². The van der Waals surface area contributed by atoms with Crippen molar-refractivity contribution >= 4 is 11.6 Å². The summed E-state index contributed by atoms with van der Waals surface area (Å²) >= 11 is 5.87. The number of hydrogen-bond donors (Lipinski definition) is 1. The Balaban J connectivity index is 2.70. The maximum absolute atomic E-state index is 5.87. The fourth-order valence-corrected chi connectivity index (χ4v) is 2.35. The molecule has 1 nitrogen and oxygen atoms in total. The Hall–Kier alpha value is -0.530. The first-order valence-corrected chi connectivity index (χ1v) is 6.85. The zero-order chi connectivity index (χ0) is 13.0. The lowest BCUT2D eigenvalue weighted by atomic mass is 9.99. The van der Waals surface area contributed by atoms with Gasteiger partial charge in [-0.1, -0.05) is 24.6 Å². The zero-order valence-electron chi connectivity index (χ0n) is 11.6. The third-order valence-electron chi connectivity index (χ3n) is 3.54. The Labute approximate surface area is 111 Å². The molecule has 0 aromatic heterocycles. The largest absolute Gasteiger partial charge is 0.310 e. The zero-order valence-corrected chi connectivity index (χ0v) is 12.4. The van der Waals surface area contributed by atoms with E-state index in [2.05, 4.69) is 52.1 Å². The molecule has 1 rings (SSSR count). The molecule has 0 spiro atoms. The molecular weight excluding hydrogens is 230 g/mol. The molecule has 0 saturated carbocycles. The van der Waals surface area contributed by atoms with E-state index in [-0.39, 0.29) is 0 Å². The lowest BCUT2D eigenvalue weighted by Gasteiger charge is -2.21. The Bertz CT molecular complexity index is 350. The quantitative estimate of drug-likeness (QED) is 0.784.